The number of sulfonamides is 1. The zero-order valence-corrected chi connectivity index (χ0v) is 13.0. The average Bonchev–Trinajstić information content (AvgIpc) is 2.84. The molecule has 7 heteroatoms. The summed E-state index contributed by atoms with van der Waals surface area (Å²) in [5, 5.41) is 5.53. The minimum Gasteiger partial charge on any atom is -0.365 e. The molecule has 0 aliphatic rings. The van der Waals surface area contributed by atoms with E-state index in [1.54, 1.807) is 7.05 Å². The van der Waals surface area contributed by atoms with Crippen molar-refractivity contribution in [2.45, 2.75) is 19.2 Å². The predicted octanol–water partition coefficient (Wildman–Crippen LogP) is 2.11. The topological polar surface area (TPSA) is 71.1 Å². The van der Waals surface area contributed by atoms with Crippen molar-refractivity contribution >= 4 is 26.5 Å². The Hall–Kier alpha value is -1.44. The minimum absolute atomic E-state index is 0.0162. The molecule has 0 saturated heterocycles. The maximum absolute atomic E-state index is 12.0. The number of hydrogen-bond donors (Lipinski definition) is 2. The summed E-state index contributed by atoms with van der Waals surface area (Å²) in [4.78, 5) is 4.23. The van der Waals surface area contributed by atoms with Crippen LogP contribution in [0, 0.1) is 6.92 Å². The zero-order valence-electron chi connectivity index (χ0n) is 11.4. The van der Waals surface area contributed by atoms with Gasteiger partial charge in [-0.3, -0.25) is 0 Å². The molecule has 108 valence electrons. The molecule has 0 atom stereocenters. The van der Waals surface area contributed by atoms with E-state index in [-0.39, 0.29) is 12.3 Å². The van der Waals surface area contributed by atoms with Crippen LogP contribution < -0.4 is 10.0 Å². The van der Waals surface area contributed by atoms with Crippen molar-refractivity contribution in [2.75, 3.05) is 12.4 Å². The van der Waals surface area contributed by atoms with Crippen LogP contribution in [0.3, 0.4) is 0 Å². The second kappa shape index (κ2) is 6.34. The van der Waals surface area contributed by atoms with Crippen LogP contribution in [-0.4, -0.2) is 20.4 Å². The van der Waals surface area contributed by atoms with E-state index < -0.39 is 10.0 Å². The molecule has 0 bridgehead atoms. The molecule has 0 aliphatic carbocycles. The van der Waals surface area contributed by atoms with Gasteiger partial charge in [0.2, 0.25) is 10.0 Å². The van der Waals surface area contributed by atoms with Crippen LogP contribution in [0.4, 0.5) is 5.13 Å². The summed E-state index contributed by atoms with van der Waals surface area (Å²) < 4.78 is 26.6. The van der Waals surface area contributed by atoms with E-state index in [1.165, 1.54) is 11.3 Å². The maximum Gasteiger partial charge on any atom is 0.216 e. The lowest BCUT2D eigenvalue weighted by atomic mass is 10.2. The lowest BCUT2D eigenvalue weighted by molar-refractivity contribution is 0.580. The van der Waals surface area contributed by atoms with Crippen molar-refractivity contribution in [3.05, 3.63) is 46.5 Å². The van der Waals surface area contributed by atoms with E-state index in [9.17, 15) is 8.42 Å². The molecule has 2 N–H and O–H groups in total. The highest BCUT2D eigenvalue weighted by atomic mass is 32.2. The van der Waals surface area contributed by atoms with Gasteiger partial charge >= 0.3 is 0 Å². The molecule has 20 heavy (non-hydrogen) atoms. The highest BCUT2D eigenvalue weighted by molar-refractivity contribution is 7.88. The molecule has 0 saturated carbocycles. The Kier molecular flexibility index (Phi) is 4.74. The van der Waals surface area contributed by atoms with Crippen molar-refractivity contribution in [1.29, 1.82) is 0 Å². The molecule has 1 heterocycles. The van der Waals surface area contributed by atoms with Crippen LogP contribution in [0.2, 0.25) is 0 Å². The van der Waals surface area contributed by atoms with Gasteiger partial charge in [-0.1, -0.05) is 29.8 Å². The van der Waals surface area contributed by atoms with Crippen LogP contribution in [0.1, 0.15) is 16.8 Å². The van der Waals surface area contributed by atoms with Crippen LogP contribution in [0.5, 0.6) is 0 Å². The van der Waals surface area contributed by atoms with Crippen molar-refractivity contribution < 1.29 is 8.42 Å². The van der Waals surface area contributed by atoms with Gasteiger partial charge in [0.25, 0.3) is 0 Å². The Morgan fingerprint density at radius 2 is 2.15 bits per heavy atom. The van der Waals surface area contributed by atoms with Gasteiger partial charge in [-0.05, 0) is 12.5 Å². The third-order valence-corrected chi connectivity index (χ3v) is 4.88. The van der Waals surface area contributed by atoms with E-state index in [0.717, 1.165) is 16.3 Å². The van der Waals surface area contributed by atoms with Crippen LogP contribution in [-0.2, 0) is 22.3 Å². The highest BCUT2D eigenvalue weighted by Gasteiger charge is 2.12. The molecule has 0 fully saturated rings. The molecule has 0 unspecified atom stereocenters. The quantitative estimate of drug-likeness (QED) is 0.857. The first kappa shape index (κ1) is 15.0. The number of rotatable bonds is 6. The molecule has 0 radical (unpaired) electrons. The molecule has 5 nitrogen and oxygen atoms in total. The minimum atomic E-state index is -3.35. The van der Waals surface area contributed by atoms with Crippen LogP contribution in [0.15, 0.2) is 29.6 Å². The first-order chi connectivity index (χ1) is 9.48. The van der Waals surface area contributed by atoms with Gasteiger partial charge in [-0.25, -0.2) is 18.1 Å². The molecule has 0 amide bonds. The van der Waals surface area contributed by atoms with Gasteiger partial charge in [-0.2, -0.15) is 0 Å². The maximum atomic E-state index is 12.0. The van der Waals surface area contributed by atoms with Crippen molar-refractivity contribution in [1.82, 2.24) is 9.71 Å². The Morgan fingerprint density at radius 3 is 2.80 bits per heavy atom. The van der Waals surface area contributed by atoms with Gasteiger partial charge in [0.05, 0.1) is 18.0 Å². The average molecular weight is 311 g/mol. The fourth-order valence-electron chi connectivity index (χ4n) is 1.76. The van der Waals surface area contributed by atoms with E-state index in [4.69, 9.17) is 0 Å². The summed E-state index contributed by atoms with van der Waals surface area (Å²) in [7, 11) is -1.57. The molecule has 0 spiro atoms. The number of nitrogens with one attached hydrogen (secondary N) is 2. The molecule has 1 aromatic carbocycles. The number of anilines is 1. The van der Waals surface area contributed by atoms with Crippen LogP contribution in [0.25, 0.3) is 0 Å². The Morgan fingerprint density at radius 1 is 1.35 bits per heavy atom. The largest absolute Gasteiger partial charge is 0.365 e. The number of nitrogens with zero attached hydrogens (tertiary/aromatic N) is 1. The van der Waals surface area contributed by atoms with Crippen LogP contribution >= 0.6 is 11.3 Å². The fourth-order valence-corrected chi connectivity index (χ4v) is 3.52. The van der Waals surface area contributed by atoms with Gasteiger partial charge in [0.15, 0.2) is 5.13 Å². The second-order valence-corrected chi connectivity index (χ2v) is 7.13. The Bertz CT molecular complexity index is 680. The second-order valence-electron chi connectivity index (χ2n) is 4.46. The summed E-state index contributed by atoms with van der Waals surface area (Å²) >= 11 is 1.45. The summed E-state index contributed by atoms with van der Waals surface area (Å²) in [6.07, 6.45) is 0. The fraction of sp³-hybridized carbons (Fsp3) is 0.308. The summed E-state index contributed by atoms with van der Waals surface area (Å²) in [6, 6.07) is 7.49. The third-order valence-electron chi connectivity index (χ3n) is 2.68. The van der Waals surface area contributed by atoms with Crippen molar-refractivity contribution in [3.8, 4) is 0 Å². The predicted molar refractivity (Wildman–Crippen MR) is 82.3 cm³/mol. The smallest absolute Gasteiger partial charge is 0.216 e. The molecule has 0 aliphatic heterocycles. The number of hydrogen-bond acceptors (Lipinski definition) is 5. The van der Waals surface area contributed by atoms with Crippen molar-refractivity contribution in [3.63, 3.8) is 0 Å². The third kappa shape index (κ3) is 4.29. The molecule has 2 aromatic rings. The standard InChI is InChI=1S/C13H17N3O2S2/c1-10-4-3-5-11(6-10)9-20(17,18)15-7-12-8-19-13(14-2)16-12/h3-6,8,15H,7,9H2,1-2H3,(H,14,16). The Labute approximate surface area is 123 Å². The van der Waals surface area contributed by atoms with E-state index >= 15 is 0 Å². The van der Waals surface area contributed by atoms with Gasteiger partial charge in [-0.15, -0.1) is 11.3 Å². The van der Waals surface area contributed by atoms with E-state index in [2.05, 4.69) is 15.0 Å². The Balaban J connectivity index is 1.97. The highest BCUT2D eigenvalue weighted by Crippen LogP contribution is 2.14. The van der Waals surface area contributed by atoms with Gasteiger partial charge in [0.1, 0.15) is 0 Å². The van der Waals surface area contributed by atoms with Gasteiger partial charge in [0, 0.05) is 12.4 Å². The molecule has 2 rings (SSSR count). The summed E-state index contributed by atoms with van der Waals surface area (Å²) in [6.45, 7) is 2.16. The molecule has 1 aromatic heterocycles. The first-order valence-electron chi connectivity index (χ1n) is 6.13. The SMILES string of the molecule is CNc1nc(CNS(=O)(=O)Cc2cccc(C)c2)cs1. The first-order valence-corrected chi connectivity index (χ1v) is 8.67. The molecular formula is C13H17N3O2S2. The summed E-state index contributed by atoms with van der Waals surface area (Å²) in [5.41, 5.74) is 2.55. The summed E-state index contributed by atoms with van der Waals surface area (Å²) in [5.74, 6) is -0.0162. The lowest BCUT2D eigenvalue weighted by Gasteiger charge is -2.06. The molecular weight excluding hydrogens is 294 g/mol. The van der Waals surface area contributed by atoms with E-state index in [1.807, 2.05) is 36.6 Å². The van der Waals surface area contributed by atoms with E-state index in [0.29, 0.717) is 5.69 Å². The number of aryl methyl sites for hydroxylation is 1. The number of benzene rings is 1. The van der Waals surface area contributed by atoms with Gasteiger partial charge < -0.3 is 5.32 Å². The zero-order chi connectivity index (χ0) is 14.6. The lowest BCUT2D eigenvalue weighted by Crippen LogP contribution is -2.24. The monoisotopic (exact) mass is 311 g/mol. The normalized spacial score (nSPS) is 11.5. The van der Waals surface area contributed by atoms with Crippen molar-refractivity contribution in [2.24, 2.45) is 0 Å². The number of aromatic nitrogens is 1. The number of thiazole rings is 1.